The molecule has 1 saturated heterocycles. The first-order valence-corrected chi connectivity index (χ1v) is 5.31. The van der Waals surface area contributed by atoms with Crippen molar-refractivity contribution < 1.29 is 8.78 Å². The maximum absolute atomic E-state index is 13.5. The summed E-state index contributed by atoms with van der Waals surface area (Å²) in [5.74, 6) is -0.517. The lowest BCUT2D eigenvalue weighted by molar-refractivity contribution is 0.342. The molecular formula is C10H10BrF2N. The predicted molar refractivity (Wildman–Crippen MR) is 54.1 cm³/mol. The highest BCUT2D eigenvalue weighted by Crippen LogP contribution is 2.24. The van der Waals surface area contributed by atoms with Gasteiger partial charge in [0, 0.05) is 0 Å². The Hall–Kier alpha value is -0.480. The van der Waals surface area contributed by atoms with Gasteiger partial charge >= 0.3 is 0 Å². The van der Waals surface area contributed by atoms with Crippen LogP contribution in [0.2, 0.25) is 0 Å². The molecule has 14 heavy (non-hydrogen) atoms. The normalized spacial score (nSPS) is 16.8. The Labute approximate surface area is 89.6 Å². The van der Waals surface area contributed by atoms with E-state index in [1.807, 2.05) is 0 Å². The molecule has 1 aromatic rings. The molecule has 1 aliphatic heterocycles. The summed E-state index contributed by atoms with van der Waals surface area (Å²) in [5, 5.41) is 3.12. The van der Waals surface area contributed by atoms with Crippen LogP contribution < -0.4 is 5.32 Å². The van der Waals surface area contributed by atoms with Crippen LogP contribution in [0.4, 0.5) is 8.78 Å². The highest BCUT2D eigenvalue weighted by molar-refractivity contribution is 9.10. The largest absolute Gasteiger partial charge is 0.316 e. The van der Waals surface area contributed by atoms with Crippen LogP contribution in [0.1, 0.15) is 5.56 Å². The van der Waals surface area contributed by atoms with Gasteiger partial charge in [-0.05, 0) is 53.0 Å². The SMILES string of the molecule is Fc1ccc(CC2CNC2)c(F)c1Br. The van der Waals surface area contributed by atoms with Crippen molar-refractivity contribution in [1.82, 2.24) is 5.32 Å². The molecule has 1 N–H and O–H groups in total. The van der Waals surface area contributed by atoms with Gasteiger partial charge in [-0.1, -0.05) is 6.07 Å². The van der Waals surface area contributed by atoms with Crippen molar-refractivity contribution >= 4 is 15.9 Å². The molecule has 0 aliphatic carbocycles. The molecule has 1 fully saturated rings. The maximum atomic E-state index is 13.5. The van der Waals surface area contributed by atoms with E-state index in [0.717, 1.165) is 13.1 Å². The molecular weight excluding hydrogens is 252 g/mol. The third kappa shape index (κ3) is 1.81. The lowest BCUT2D eigenvalue weighted by Crippen LogP contribution is -2.43. The second-order valence-electron chi connectivity index (χ2n) is 3.56. The van der Waals surface area contributed by atoms with Gasteiger partial charge in [0.15, 0.2) is 0 Å². The van der Waals surface area contributed by atoms with Crippen LogP contribution >= 0.6 is 15.9 Å². The van der Waals surface area contributed by atoms with Crippen LogP contribution in [0.15, 0.2) is 16.6 Å². The number of rotatable bonds is 2. The van der Waals surface area contributed by atoms with Gasteiger partial charge in [-0.3, -0.25) is 0 Å². The molecule has 76 valence electrons. The Kier molecular flexibility index (Phi) is 2.83. The number of hydrogen-bond acceptors (Lipinski definition) is 1. The Bertz CT molecular complexity index is 350. The summed E-state index contributed by atoms with van der Waals surface area (Å²) in [6.45, 7) is 1.85. The molecule has 4 heteroatoms. The molecule has 1 nitrogen and oxygen atoms in total. The second kappa shape index (κ2) is 3.95. The molecule has 1 aromatic carbocycles. The summed E-state index contributed by atoms with van der Waals surface area (Å²) < 4.78 is 26.3. The van der Waals surface area contributed by atoms with Crippen LogP contribution in [0, 0.1) is 17.6 Å². The van der Waals surface area contributed by atoms with E-state index < -0.39 is 11.6 Å². The van der Waals surface area contributed by atoms with Gasteiger partial charge in [0.1, 0.15) is 11.6 Å². The Morgan fingerprint density at radius 2 is 2.07 bits per heavy atom. The standard InChI is InChI=1S/C10H10BrF2N/c11-9-8(12)2-1-7(10(9)13)3-6-4-14-5-6/h1-2,6,14H,3-5H2. The van der Waals surface area contributed by atoms with E-state index in [0.29, 0.717) is 17.9 Å². The third-order valence-electron chi connectivity index (χ3n) is 2.49. The number of halogens is 3. The fourth-order valence-electron chi connectivity index (χ4n) is 1.53. The minimum absolute atomic E-state index is 0.0534. The Morgan fingerprint density at radius 3 is 2.64 bits per heavy atom. The minimum Gasteiger partial charge on any atom is -0.316 e. The molecule has 1 heterocycles. The van der Waals surface area contributed by atoms with Crippen LogP contribution in [-0.4, -0.2) is 13.1 Å². The average Bonchev–Trinajstić information content (AvgIpc) is 2.10. The molecule has 1 aliphatic rings. The highest BCUT2D eigenvalue weighted by atomic mass is 79.9. The van der Waals surface area contributed by atoms with Crippen LogP contribution in [-0.2, 0) is 6.42 Å². The van der Waals surface area contributed by atoms with E-state index in [-0.39, 0.29) is 4.47 Å². The third-order valence-corrected chi connectivity index (χ3v) is 3.22. The molecule has 0 saturated carbocycles. The van der Waals surface area contributed by atoms with Gasteiger partial charge in [0.25, 0.3) is 0 Å². The molecule has 0 spiro atoms. The summed E-state index contributed by atoms with van der Waals surface area (Å²) in [5.41, 5.74) is 0.588. The summed E-state index contributed by atoms with van der Waals surface area (Å²) >= 11 is 2.89. The van der Waals surface area contributed by atoms with Crippen LogP contribution in [0.5, 0.6) is 0 Å². The van der Waals surface area contributed by atoms with Crippen molar-refractivity contribution in [3.63, 3.8) is 0 Å². The van der Waals surface area contributed by atoms with Crippen molar-refractivity contribution in [2.24, 2.45) is 5.92 Å². The summed E-state index contributed by atoms with van der Waals surface area (Å²) in [6.07, 6.45) is 0.678. The number of benzene rings is 1. The van der Waals surface area contributed by atoms with Gasteiger partial charge in [0.2, 0.25) is 0 Å². The van der Waals surface area contributed by atoms with Crippen molar-refractivity contribution in [1.29, 1.82) is 0 Å². The minimum atomic E-state index is -0.544. The first-order chi connectivity index (χ1) is 6.68. The molecule has 0 bridgehead atoms. The summed E-state index contributed by atoms with van der Waals surface area (Å²) in [7, 11) is 0. The molecule has 0 aromatic heterocycles. The van der Waals surface area contributed by atoms with Gasteiger partial charge in [-0.15, -0.1) is 0 Å². The molecule has 0 radical (unpaired) electrons. The maximum Gasteiger partial charge on any atom is 0.143 e. The van der Waals surface area contributed by atoms with E-state index in [2.05, 4.69) is 21.2 Å². The zero-order valence-corrected chi connectivity index (χ0v) is 9.07. The first kappa shape index (κ1) is 10.1. The average molecular weight is 262 g/mol. The monoisotopic (exact) mass is 261 g/mol. The van der Waals surface area contributed by atoms with E-state index in [4.69, 9.17) is 0 Å². The zero-order chi connectivity index (χ0) is 10.1. The lowest BCUT2D eigenvalue weighted by Gasteiger charge is -2.27. The fraction of sp³-hybridized carbons (Fsp3) is 0.400. The molecule has 0 unspecified atom stereocenters. The van der Waals surface area contributed by atoms with Crippen LogP contribution in [0.25, 0.3) is 0 Å². The van der Waals surface area contributed by atoms with E-state index in [1.165, 1.54) is 12.1 Å². The molecule has 0 amide bonds. The van der Waals surface area contributed by atoms with Gasteiger partial charge in [0.05, 0.1) is 4.47 Å². The second-order valence-corrected chi connectivity index (χ2v) is 4.36. The van der Waals surface area contributed by atoms with Crippen molar-refractivity contribution in [2.45, 2.75) is 6.42 Å². The Morgan fingerprint density at radius 1 is 1.36 bits per heavy atom. The van der Waals surface area contributed by atoms with Gasteiger partial charge in [-0.2, -0.15) is 0 Å². The van der Waals surface area contributed by atoms with Gasteiger partial charge < -0.3 is 5.32 Å². The quantitative estimate of drug-likeness (QED) is 0.807. The topological polar surface area (TPSA) is 12.0 Å². The highest BCUT2D eigenvalue weighted by Gasteiger charge is 2.20. The number of nitrogens with one attached hydrogen (secondary N) is 1. The molecule has 0 atom stereocenters. The summed E-state index contributed by atoms with van der Waals surface area (Å²) in [6, 6.07) is 2.82. The first-order valence-electron chi connectivity index (χ1n) is 4.51. The Balaban J connectivity index is 2.20. The van der Waals surface area contributed by atoms with Crippen molar-refractivity contribution in [3.8, 4) is 0 Å². The predicted octanol–water partition coefficient (Wildman–Crippen LogP) is 2.49. The van der Waals surface area contributed by atoms with Crippen LogP contribution in [0.3, 0.4) is 0 Å². The molecule has 2 rings (SSSR count). The van der Waals surface area contributed by atoms with Crippen molar-refractivity contribution in [3.05, 3.63) is 33.8 Å². The summed E-state index contributed by atoms with van der Waals surface area (Å²) in [4.78, 5) is 0. The van der Waals surface area contributed by atoms with Gasteiger partial charge in [-0.25, -0.2) is 8.78 Å². The number of hydrogen-bond donors (Lipinski definition) is 1. The van der Waals surface area contributed by atoms with E-state index in [1.54, 1.807) is 0 Å². The fourth-order valence-corrected chi connectivity index (χ4v) is 1.91. The van der Waals surface area contributed by atoms with E-state index >= 15 is 0 Å². The van der Waals surface area contributed by atoms with Crippen molar-refractivity contribution in [2.75, 3.05) is 13.1 Å². The zero-order valence-electron chi connectivity index (χ0n) is 7.49. The smallest absolute Gasteiger partial charge is 0.143 e. The lowest BCUT2D eigenvalue weighted by atomic mass is 9.94. The van der Waals surface area contributed by atoms with E-state index in [9.17, 15) is 8.78 Å².